The first-order valence-electron chi connectivity index (χ1n) is 10.9. The van der Waals surface area contributed by atoms with Crippen LogP contribution in [-0.2, 0) is 4.79 Å². The summed E-state index contributed by atoms with van der Waals surface area (Å²) in [6.07, 6.45) is 8.67. The molecule has 0 aromatic carbocycles. The van der Waals surface area contributed by atoms with Gasteiger partial charge >= 0.3 is 0 Å². The number of aliphatic hydroxyl groups is 1. The minimum atomic E-state index is -0.675. The lowest BCUT2D eigenvalue weighted by molar-refractivity contribution is -0.139. The molecule has 30 heavy (non-hydrogen) atoms. The molecule has 5 rings (SSSR count). The van der Waals surface area contributed by atoms with Gasteiger partial charge in [-0.1, -0.05) is 6.92 Å². The number of pyridine rings is 2. The van der Waals surface area contributed by atoms with E-state index in [2.05, 4.69) is 31.0 Å². The maximum atomic E-state index is 12.9. The number of hydrazine groups is 1. The summed E-state index contributed by atoms with van der Waals surface area (Å²) in [5.41, 5.74) is 2.36. The summed E-state index contributed by atoms with van der Waals surface area (Å²) >= 11 is 0. The first kappa shape index (κ1) is 19.6. The number of nitrogens with zero attached hydrogens (tertiary/aromatic N) is 4. The zero-order valence-electron chi connectivity index (χ0n) is 17.6. The number of carbonyl (C=O) groups excluding carboxylic acids is 1. The van der Waals surface area contributed by atoms with E-state index in [-0.39, 0.29) is 11.8 Å². The monoisotopic (exact) mass is 407 g/mol. The third-order valence-electron chi connectivity index (χ3n) is 6.85. The molecule has 7 heteroatoms. The van der Waals surface area contributed by atoms with Crippen molar-refractivity contribution in [2.75, 3.05) is 19.6 Å². The third-order valence-corrected chi connectivity index (χ3v) is 6.85. The molecule has 2 aliphatic heterocycles. The first-order chi connectivity index (χ1) is 14.5. The number of Topliss-reactive ketones (excluding diaryl/α,β-unsaturated/α-hetero) is 1. The standard InChI is InChI=1S/C23H29N5O2/c1-3-20(29)19-12-15(6-10-28(19)27-11-7-23(2,30)14-27)16-4-8-24-18-13-26-22-17(21(16)18)5-9-25-22/h4-5,8-9,13,15,19,24,30H,3,6-7,10-12,14H2,1-2H3. The summed E-state index contributed by atoms with van der Waals surface area (Å²) in [6, 6.07) is 4.04. The molecule has 3 aromatic heterocycles. The molecule has 0 spiro atoms. The molecule has 2 fully saturated rings. The van der Waals surface area contributed by atoms with E-state index in [0.29, 0.717) is 18.9 Å². The van der Waals surface area contributed by atoms with Crippen molar-refractivity contribution in [3.8, 4) is 0 Å². The average Bonchev–Trinajstić information content (AvgIpc) is 3.38. The van der Waals surface area contributed by atoms with Gasteiger partial charge in [0, 0.05) is 49.2 Å². The van der Waals surface area contributed by atoms with Gasteiger partial charge in [0.1, 0.15) is 0 Å². The highest BCUT2D eigenvalue weighted by Crippen LogP contribution is 2.39. The lowest BCUT2D eigenvalue weighted by atomic mass is 9.82. The minimum absolute atomic E-state index is 0.142. The van der Waals surface area contributed by atoms with Gasteiger partial charge in [-0.25, -0.2) is 20.0 Å². The van der Waals surface area contributed by atoms with Crippen LogP contribution in [0.25, 0.3) is 21.9 Å². The van der Waals surface area contributed by atoms with Crippen molar-refractivity contribution in [1.82, 2.24) is 25.0 Å². The van der Waals surface area contributed by atoms with E-state index >= 15 is 0 Å². The van der Waals surface area contributed by atoms with Crippen molar-refractivity contribution in [2.45, 2.75) is 57.1 Å². The summed E-state index contributed by atoms with van der Waals surface area (Å²) in [6.45, 7) is 6.06. The zero-order valence-corrected chi connectivity index (χ0v) is 17.6. The predicted molar refractivity (Wildman–Crippen MR) is 116 cm³/mol. The molecule has 5 heterocycles. The van der Waals surface area contributed by atoms with Gasteiger partial charge in [0.15, 0.2) is 11.4 Å². The predicted octanol–water partition coefficient (Wildman–Crippen LogP) is 3.01. The maximum absolute atomic E-state index is 12.9. The molecule has 0 saturated carbocycles. The number of piperidine rings is 1. The minimum Gasteiger partial charge on any atom is -0.389 e. The molecule has 0 bridgehead atoms. The van der Waals surface area contributed by atoms with Crippen LogP contribution in [0.3, 0.4) is 0 Å². The highest BCUT2D eigenvalue weighted by Gasteiger charge is 2.41. The summed E-state index contributed by atoms with van der Waals surface area (Å²) in [5, 5.41) is 17.1. The number of hydrogen-bond donors (Lipinski definition) is 2. The van der Waals surface area contributed by atoms with Crippen LogP contribution in [0.4, 0.5) is 0 Å². The Morgan fingerprint density at radius 1 is 1.33 bits per heavy atom. The number of ketones is 1. The van der Waals surface area contributed by atoms with Crippen LogP contribution in [0.15, 0.2) is 30.7 Å². The number of aromatic amines is 1. The number of β-amino-alcohol motifs (C(OH)–C–C–N with tert-alkyl or cyclic N) is 1. The van der Waals surface area contributed by atoms with Gasteiger partial charge in [-0.2, -0.15) is 0 Å². The lowest BCUT2D eigenvalue weighted by Crippen LogP contribution is -2.55. The zero-order chi connectivity index (χ0) is 20.9. The van der Waals surface area contributed by atoms with Crippen LogP contribution in [-0.4, -0.2) is 67.1 Å². The number of hydrogen-bond acceptors (Lipinski definition) is 6. The fourth-order valence-corrected chi connectivity index (χ4v) is 5.27. The molecule has 2 aliphatic rings. The van der Waals surface area contributed by atoms with E-state index in [4.69, 9.17) is 0 Å². The van der Waals surface area contributed by atoms with E-state index in [9.17, 15) is 9.90 Å². The molecule has 0 amide bonds. The van der Waals surface area contributed by atoms with Crippen molar-refractivity contribution in [3.05, 3.63) is 36.3 Å². The van der Waals surface area contributed by atoms with E-state index in [1.54, 1.807) is 6.20 Å². The smallest absolute Gasteiger partial charge is 0.159 e. The lowest BCUT2D eigenvalue weighted by Gasteiger charge is -2.43. The molecule has 3 unspecified atom stereocenters. The molecule has 2 saturated heterocycles. The number of rotatable bonds is 4. The topological polar surface area (TPSA) is 85.4 Å². The summed E-state index contributed by atoms with van der Waals surface area (Å²) in [5.74, 6) is 0.572. The summed E-state index contributed by atoms with van der Waals surface area (Å²) < 4.78 is 0. The Morgan fingerprint density at radius 3 is 2.97 bits per heavy atom. The van der Waals surface area contributed by atoms with Crippen molar-refractivity contribution in [2.24, 2.45) is 0 Å². The molecule has 7 nitrogen and oxygen atoms in total. The first-order valence-corrected chi connectivity index (χ1v) is 10.9. The van der Waals surface area contributed by atoms with E-state index in [0.717, 1.165) is 48.9 Å². The van der Waals surface area contributed by atoms with Crippen LogP contribution >= 0.6 is 0 Å². The molecular formula is C23H29N5O2. The highest BCUT2D eigenvalue weighted by atomic mass is 16.3. The molecule has 158 valence electrons. The Hall–Kier alpha value is -2.35. The second kappa shape index (κ2) is 7.41. The second-order valence-electron chi connectivity index (χ2n) is 9.02. The highest BCUT2D eigenvalue weighted by molar-refractivity contribution is 6.05. The largest absolute Gasteiger partial charge is 0.389 e. The molecule has 0 aliphatic carbocycles. The van der Waals surface area contributed by atoms with Gasteiger partial charge in [-0.05, 0) is 49.8 Å². The fourth-order valence-electron chi connectivity index (χ4n) is 5.27. The quantitative estimate of drug-likeness (QED) is 0.692. The Bertz CT molecular complexity index is 1090. The molecule has 2 N–H and O–H groups in total. The maximum Gasteiger partial charge on any atom is 0.159 e. The average molecular weight is 408 g/mol. The van der Waals surface area contributed by atoms with E-state index in [1.807, 2.05) is 32.3 Å². The SMILES string of the molecule is CCC(=O)C1CC(c2cc[nH]c3cnc4nccc4c23)CCN1N1CCC(C)(O)C1. The van der Waals surface area contributed by atoms with E-state index < -0.39 is 5.60 Å². The summed E-state index contributed by atoms with van der Waals surface area (Å²) in [4.78, 5) is 25.1. The van der Waals surface area contributed by atoms with Gasteiger partial charge in [0.25, 0.3) is 0 Å². The molecular weight excluding hydrogens is 378 g/mol. The van der Waals surface area contributed by atoms with Crippen LogP contribution in [0.2, 0.25) is 0 Å². The number of nitrogens with one attached hydrogen (secondary N) is 1. The van der Waals surface area contributed by atoms with Crippen LogP contribution in [0, 0.1) is 0 Å². The second-order valence-corrected chi connectivity index (χ2v) is 9.02. The van der Waals surface area contributed by atoms with Gasteiger partial charge < -0.3 is 10.1 Å². The molecule has 0 radical (unpaired) electrons. The van der Waals surface area contributed by atoms with Crippen molar-refractivity contribution in [1.29, 1.82) is 0 Å². The van der Waals surface area contributed by atoms with Crippen LogP contribution < -0.4 is 0 Å². The third kappa shape index (κ3) is 3.31. The Morgan fingerprint density at radius 2 is 2.20 bits per heavy atom. The van der Waals surface area contributed by atoms with Gasteiger partial charge in [-0.15, -0.1) is 0 Å². The number of carbonyl (C=O) groups is 1. The van der Waals surface area contributed by atoms with Gasteiger partial charge in [-0.3, -0.25) is 4.79 Å². The van der Waals surface area contributed by atoms with Crippen molar-refractivity contribution < 1.29 is 9.90 Å². The van der Waals surface area contributed by atoms with Crippen LogP contribution in [0.1, 0.15) is 51.0 Å². The Labute approximate surface area is 176 Å². The Kier molecular flexibility index (Phi) is 4.84. The normalized spacial score (nSPS) is 28.5. The summed E-state index contributed by atoms with van der Waals surface area (Å²) in [7, 11) is 0. The Balaban J connectivity index is 1.50. The molecule has 3 atom stereocenters. The number of H-pyrrole nitrogens is 1. The fraction of sp³-hybridized carbons (Fsp3) is 0.522. The number of fused-ring (bicyclic) bond motifs is 3. The van der Waals surface area contributed by atoms with E-state index in [1.165, 1.54) is 10.9 Å². The van der Waals surface area contributed by atoms with Crippen LogP contribution in [0.5, 0.6) is 0 Å². The number of aromatic nitrogens is 3. The van der Waals surface area contributed by atoms with Crippen molar-refractivity contribution >= 4 is 27.7 Å². The van der Waals surface area contributed by atoms with Crippen molar-refractivity contribution in [3.63, 3.8) is 0 Å². The molecule has 3 aromatic rings. The van der Waals surface area contributed by atoms with Gasteiger partial charge in [0.2, 0.25) is 0 Å². The van der Waals surface area contributed by atoms with Gasteiger partial charge in [0.05, 0.1) is 23.4 Å².